The molecule has 29 heavy (non-hydrogen) atoms. The fourth-order valence-electron chi connectivity index (χ4n) is 2.88. The summed E-state index contributed by atoms with van der Waals surface area (Å²) in [6.45, 7) is 5.66. The van der Waals surface area contributed by atoms with Crippen LogP contribution in [-0.4, -0.2) is 28.3 Å². The number of aromatic nitrogens is 2. The zero-order valence-corrected chi connectivity index (χ0v) is 17.2. The van der Waals surface area contributed by atoms with Gasteiger partial charge < -0.3 is 9.47 Å². The summed E-state index contributed by atoms with van der Waals surface area (Å²) in [4.78, 5) is 25.1. The summed E-state index contributed by atoms with van der Waals surface area (Å²) in [6, 6.07) is 14.1. The molecule has 0 bridgehead atoms. The number of rotatable bonds is 6. The summed E-state index contributed by atoms with van der Waals surface area (Å²) in [5.41, 5.74) is 3.15. The van der Waals surface area contributed by atoms with Gasteiger partial charge in [-0.1, -0.05) is 41.9 Å². The number of carbonyl (C=O) groups excluding carboxylic acids is 2. The first-order valence-electron chi connectivity index (χ1n) is 9.16. The number of halogens is 1. The molecule has 0 unspecified atom stereocenters. The molecule has 0 saturated carbocycles. The van der Waals surface area contributed by atoms with Crippen molar-refractivity contribution in [3.63, 3.8) is 0 Å². The number of ether oxygens (including phenoxy) is 2. The highest BCUT2D eigenvalue weighted by Gasteiger charge is 2.21. The topological polar surface area (TPSA) is 70.4 Å². The Morgan fingerprint density at radius 3 is 2.38 bits per heavy atom. The lowest BCUT2D eigenvalue weighted by atomic mass is 10.1. The molecular formula is C22H21ClN2O4. The van der Waals surface area contributed by atoms with Gasteiger partial charge in [0.1, 0.15) is 6.61 Å². The third kappa shape index (κ3) is 4.49. The normalized spacial score (nSPS) is 10.6. The van der Waals surface area contributed by atoms with Crippen LogP contribution in [0.4, 0.5) is 0 Å². The predicted octanol–water partition coefficient (Wildman–Crippen LogP) is 4.68. The number of carbonyl (C=O) groups is 2. The van der Waals surface area contributed by atoms with Gasteiger partial charge >= 0.3 is 11.9 Å². The SMILES string of the molecule is CCOC(=O)c1cc(C(=O)OCc2ccccc2)ccc1-n1nc(C)c(Cl)c1C. The van der Waals surface area contributed by atoms with Crippen molar-refractivity contribution < 1.29 is 19.1 Å². The molecule has 0 amide bonds. The molecule has 0 spiro atoms. The van der Waals surface area contributed by atoms with Crippen LogP contribution in [0.25, 0.3) is 5.69 Å². The molecule has 6 nitrogen and oxygen atoms in total. The van der Waals surface area contributed by atoms with Crippen molar-refractivity contribution in [2.24, 2.45) is 0 Å². The number of hydrogen-bond acceptors (Lipinski definition) is 5. The fraction of sp³-hybridized carbons (Fsp3) is 0.227. The lowest BCUT2D eigenvalue weighted by Gasteiger charge is -2.12. The Morgan fingerprint density at radius 1 is 1.03 bits per heavy atom. The molecule has 1 aromatic heterocycles. The van der Waals surface area contributed by atoms with Gasteiger partial charge in [0.25, 0.3) is 0 Å². The van der Waals surface area contributed by atoms with Crippen LogP contribution >= 0.6 is 11.6 Å². The first kappa shape index (κ1) is 20.6. The second-order valence-electron chi connectivity index (χ2n) is 6.41. The Morgan fingerprint density at radius 2 is 1.76 bits per heavy atom. The van der Waals surface area contributed by atoms with E-state index >= 15 is 0 Å². The maximum absolute atomic E-state index is 12.5. The third-order valence-electron chi connectivity index (χ3n) is 4.37. The monoisotopic (exact) mass is 412 g/mol. The maximum Gasteiger partial charge on any atom is 0.340 e. The minimum Gasteiger partial charge on any atom is -0.462 e. The summed E-state index contributed by atoms with van der Waals surface area (Å²) in [6.07, 6.45) is 0. The van der Waals surface area contributed by atoms with E-state index in [0.717, 1.165) is 5.56 Å². The summed E-state index contributed by atoms with van der Waals surface area (Å²) in [5.74, 6) is -1.08. The van der Waals surface area contributed by atoms with Gasteiger partial charge in [0.15, 0.2) is 0 Å². The van der Waals surface area contributed by atoms with Crippen LogP contribution in [0.1, 0.15) is 44.6 Å². The molecule has 0 aliphatic rings. The van der Waals surface area contributed by atoms with E-state index in [1.165, 1.54) is 6.07 Å². The van der Waals surface area contributed by atoms with E-state index in [2.05, 4.69) is 5.10 Å². The molecule has 0 aliphatic heterocycles. The maximum atomic E-state index is 12.5. The average molecular weight is 413 g/mol. The minimum absolute atomic E-state index is 0.142. The van der Waals surface area contributed by atoms with Crippen molar-refractivity contribution in [3.8, 4) is 5.69 Å². The molecular weight excluding hydrogens is 392 g/mol. The average Bonchev–Trinajstić information content (AvgIpc) is 2.99. The fourth-order valence-corrected chi connectivity index (χ4v) is 3.00. The third-order valence-corrected chi connectivity index (χ3v) is 4.92. The zero-order valence-electron chi connectivity index (χ0n) is 16.4. The second-order valence-corrected chi connectivity index (χ2v) is 6.79. The molecule has 0 atom stereocenters. The van der Waals surface area contributed by atoms with Gasteiger partial charge in [-0.05, 0) is 44.5 Å². The van der Waals surface area contributed by atoms with Crippen molar-refractivity contribution in [1.82, 2.24) is 9.78 Å². The Bertz CT molecular complexity index is 1040. The molecule has 3 aromatic rings. The van der Waals surface area contributed by atoms with Gasteiger partial charge in [-0.25, -0.2) is 14.3 Å². The van der Waals surface area contributed by atoms with Crippen molar-refractivity contribution >= 4 is 23.5 Å². The summed E-state index contributed by atoms with van der Waals surface area (Å²) in [7, 11) is 0. The number of esters is 2. The van der Waals surface area contributed by atoms with E-state index in [4.69, 9.17) is 21.1 Å². The molecule has 150 valence electrons. The largest absolute Gasteiger partial charge is 0.462 e. The molecule has 0 radical (unpaired) electrons. The highest BCUT2D eigenvalue weighted by molar-refractivity contribution is 6.31. The Hall–Kier alpha value is -3.12. The van der Waals surface area contributed by atoms with Gasteiger partial charge in [-0.2, -0.15) is 5.10 Å². The molecule has 0 fully saturated rings. The van der Waals surface area contributed by atoms with Gasteiger partial charge in [-0.15, -0.1) is 0 Å². The standard InChI is InChI=1S/C22H21ClN2O4/c1-4-28-22(27)18-12-17(21(26)29-13-16-8-6-5-7-9-16)10-11-19(18)25-15(3)20(23)14(2)24-25/h5-12H,4,13H2,1-3H3. The molecule has 2 aromatic carbocycles. The summed E-state index contributed by atoms with van der Waals surface area (Å²) < 4.78 is 12.1. The molecule has 3 rings (SSSR count). The number of benzene rings is 2. The molecule has 0 saturated heterocycles. The lowest BCUT2D eigenvalue weighted by Crippen LogP contribution is -2.14. The lowest BCUT2D eigenvalue weighted by molar-refractivity contribution is 0.0472. The van der Waals surface area contributed by atoms with Crippen molar-refractivity contribution in [2.45, 2.75) is 27.4 Å². The van der Waals surface area contributed by atoms with Crippen LogP contribution in [-0.2, 0) is 16.1 Å². The van der Waals surface area contributed by atoms with Gasteiger partial charge in [-0.3, -0.25) is 0 Å². The first-order valence-corrected chi connectivity index (χ1v) is 9.54. The first-order chi connectivity index (χ1) is 13.9. The predicted molar refractivity (Wildman–Crippen MR) is 110 cm³/mol. The molecule has 0 aliphatic carbocycles. The van der Waals surface area contributed by atoms with Crippen LogP contribution in [0.2, 0.25) is 5.02 Å². The van der Waals surface area contributed by atoms with E-state index in [9.17, 15) is 9.59 Å². The van der Waals surface area contributed by atoms with Crippen LogP contribution < -0.4 is 0 Å². The smallest absolute Gasteiger partial charge is 0.340 e. The van der Waals surface area contributed by atoms with Crippen molar-refractivity contribution in [3.05, 3.63) is 81.6 Å². The molecule has 7 heteroatoms. The number of aryl methyl sites for hydroxylation is 1. The van der Waals surface area contributed by atoms with Crippen LogP contribution in [0.3, 0.4) is 0 Å². The molecule has 0 N–H and O–H groups in total. The van der Waals surface area contributed by atoms with Crippen LogP contribution in [0.15, 0.2) is 48.5 Å². The van der Waals surface area contributed by atoms with Crippen molar-refractivity contribution in [1.29, 1.82) is 0 Å². The highest BCUT2D eigenvalue weighted by Crippen LogP contribution is 2.26. The zero-order chi connectivity index (χ0) is 21.0. The van der Waals surface area contributed by atoms with E-state index in [0.29, 0.717) is 22.1 Å². The second kappa shape index (κ2) is 8.92. The minimum atomic E-state index is -0.552. The number of nitrogens with zero attached hydrogens (tertiary/aromatic N) is 2. The van der Waals surface area contributed by atoms with E-state index in [1.807, 2.05) is 30.3 Å². The van der Waals surface area contributed by atoms with Crippen LogP contribution in [0.5, 0.6) is 0 Å². The Balaban J connectivity index is 1.94. The van der Waals surface area contributed by atoms with E-state index < -0.39 is 11.9 Å². The summed E-state index contributed by atoms with van der Waals surface area (Å²) in [5, 5.41) is 4.91. The quantitative estimate of drug-likeness (QED) is 0.550. The van der Waals surface area contributed by atoms with E-state index in [1.54, 1.807) is 37.6 Å². The van der Waals surface area contributed by atoms with Gasteiger partial charge in [0, 0.05) is 0 Å². The Kier molecular flexibility index (Phi) is 6.34. The van der Waals surface area contributed by atoms with Crippen molar-refractivity contribution in [2.75, 3.05) is 6.61 Å². The Labute approximate surface area is 174 Å². The number of hydrogen-bond donors (Lipinski definition) is 0. The van der Waals surface area contributed by atoms with E-state index in [-0.39, 0.29) is 24.3 Å². The highest BCUT2D eigenvalue weighted by atomic mass is 35.5. The van der Waals surface area contributed by atoms with Crippen LogP contribution in [0, 0.1) is 13.8 Å². The molecule has 1 heterocycles. The summed E-state index contributed by atoms with van der Waals surface area (Å²) >= 11 is 6.25. The van der Waals surface area contributed by atoms with Gasteiger partial charge in [0.05, 0.1) is 39.8 Å². The van der Waals surface area contributed by atoms with Gasteiger partial charge in [0.2, 0.25) is 0 Å².